The fourth-order valence-electron chi connectivity index (χ4n) is 3.69. The molecule has 6 heteroatoms. The van der Waals surface area contributed by atoms with Crippen LogP contribution in [0, 0.1) is 5.82 Å². The van der Waals surface area contributed by atoms with Gasteiger partial charge in [-0.15, -0.1) is 0 Å². The first-order valence-electron chi connectivity index (χ1n) is 9.09. The Kier molecular flexibility index (Phi) is 4.64. The summed E-state index contributed by atoms with van der Waals surface area (Å²) in [6.07, 6.45) is -0.514. The summed E-state index contributed by atoms with van der Waals surface area (Å²) in [5, 5.41) is 21.2. The molecule has 0 unspecified atom stereocenters. The van der Waals surface area contributed by atoms with Gasteiger partial charge in [0.05, 0.1) is 24.2 Å². The first kappa shape index (κ1) is 18.8. The van der Waals surface area contributed by atoms with Gasteiger partial charge in [0.25, 0.3) is 5.91 Å². The van der Waals surface area contributed by atoms with E-state index in [2.05, 4.69) is 0 Å². The molecule has 0 fully saturated rings. The summed E-state index contributed by atoms with van der Waals surface area (Å²) in [7, 11) is 0. The number of aromatic hydroxyl groups is 1. The molecule has 0 bridgehead atoms. The Balaban J connectivity index is 1.70. The second-order valence-electron chi connectivity index (χ2n) is 7.02. The van der Waals surface area contributed by atoms with Gasteiger partial charge in [-0.25, -0.2) is 4.39 Å². The van der Waals surface area contributed by atoms with Crippen LogP contribution in [0.25, 0.3) is 0 Å². The third kappa shape index (κ3) is 3.28. The summed E-state index contributed by atoms with van der Waals surface area (Å²) in [6, 6.07) is 18.5. The molecule has 0 saturated heterocycles. The first-order chi connectivity index (χ1) is 13.9. The van der Waals surface area contributed by atoms with Gasteiger partial charge in [-0.3, -0.25) is 9.59 Å². The number of halogens is 1. The van der Waals surface area contributed by atoms with E-state index in [1.54, 1.807) is 48.5 Å². The number of Topliss-reactive ketones (excluding diaryl/α,β-unsaturated/α-hetero) is 1. The van der Waals surface area contributed by atoms with Gasteiger partial charge in [0.15, 0.2) is 11.4 Å². The highest BCUT2D eigenvalue weighted by Crippen LogP contribution is 2.43. The minimum absolute atomic E-state index is 0.0368. The Morgan fingerprint density at radius 1 is 1.00 bits per heavy atom. The zero-order chi connectivity index (χ0) is 20.6. The molecular formula is C23H18FNO4. The number of carbonyl (C=O) groups is 2. The van der Waals surface area contributed by atoms with E-state index in [0.29, 0.717) is 16.8 Å². The molecule has 0 spiro atoms. The molecule has 0 aromatic heterocycles. The first-order valence-corrected chi connectivity index (χ1v) is 9.09. The van der Waals surface area contributed by atoms with Crippen LogP contribution < -0.4 is 4.90 Å². The van der Waals surface area contributed by atoms with Crippen LogP contribution in [0.5, 0.6) is 5.75 Å². The monoisotopic (exact) mass is 391 g/mol. The maximum Gasteiger partial charge on any atom is 0.264 e. The number of para-hydroxylation sites is 2. The zero-order valence-corrected chi connectivity index (χ0v) is 15.4. The molecule has 29 heavy (non-hydrogen) atoms. The van der Waals surface area contributed by atoms with Gasteiger partial charge in [-0.2, -0.15) is 0 Å². The second kappa shape index (κ2) is 7.14. The number of benzene rings is 3. The Hall–Kier alpha value is -3.51. The highest BCUT2D eigenvalue weighted by atomic mass is 19.1. The Morgan fingerprint density at radius 2 is 1.72 bits per heavy atom. The van der Waals surface area contributed by atoms with Crippen LogP contribution in [0.4, 0.5) is 10.1 Å². The summed E-state index contributed by atoms with van der Waals surface area (Å²) in [6.45, 7) is 0.0562. The third-order valence-corrected chi connectivity index (χ3v) is 5.09. The summed E-state index contributed by atoms with van der Waals surface area (Å²) >= 11 is 0. The smallest absolute Gasteiger partial charge is 0.264 e. The van der Waals surface area contributed by atoms with Crippen molar-refractivity contribution >= 4 is 17.4 Å². The summed E-state index contributed by atoms with van der Waals surface area (Å²) < 4.78 is 13.6. The van der Waals surface area contributed by atoms with E-state index in [4.69, 9.17) is 0 Å². The lowest BCUT2D eigenvalue weighted by molar-refractivity contribution is -0.136. The number of phenols is 1. The number of fused-ring (bicyclic) bond motifs is 1. The number of hydrogen-bond donors (Lipinski definition) is 2. The van der Waals surface area contributed by atoms with E-state index < -0.39 is 29.5 Å². The van der Waals surface area contributed by atoms with Crippen molar-refractivity contribution in [2.24, 2.45) is 0 Å². The number of anilines is 1. The normalized spacial score (nSPS) is 18.0. The van der Waals surface area contributed by atoms with Gasteiger partial charge < -0.3 is 15.1 Å². The fraction of sp³-hybridized carbons (Fsp3) is 0.130. The molecule has 3 aromatic carbocycles. The number of hydrogen-bond acceptors (Lipinski definition) is 4. The molecule has 1 heterocycles. The number of phenolic OH excluding ortho intramolecular Hbond substituents is 1. The molecule has 146 valence electrons. The van der Waals surface area contributed by atoms with Gasteiger partial charge in [-0.05, 0) is 35.9 Å². The maximum absolute atomic E-state index is 13.6. The van der Waals surface area contributed by atoms with Gasteiger partial charge in [0.1, 0.15) is 11.6 Å². The summed E-state index contributed by atoms with van der Waals surface area (Å²) in [5.74, 6) is -1.85. The molecule has 5 nitrogen and oxygen atoms in total. The molecule has 3 aromatic rings. The summed E-state index contributed by atoms with van der Waals surface area (Å²) in [5.41, 5.74) is -0.692. The fourth-order valence-corrected chi connectivity index (χ4v) is 3.69. The summed E-state index contributed by atoms with van der Waals surface area (Å²) in [4.78, 5) is 27.3. The van der Waals surface area contributed by atoms with Crippen molar-refractivity contribution in [2.45, 2.75) is 18.6 Å². The highest BCUT2D eigenvalue weighted by molar-refractivity contribution is 6.11. The Bertz CT molecular complexity index is 1110. The molecule has 1 aliphatic rings. The van der Waals surface area contributed by atoms with Gasteiger partial charge in [0, 0.05) is 5.56 Å². The molecule has 0 aliphatic carbocycles. The molecular weight excluding hydrogens is 373 g/mol. The predicted molar refractivity (Wildman–Crippen MR) is 105 cm³/mol. The van der Waals surface area contributed by atoms with Crippen molar-refractivity contribution in [1.29, 1.82) is 0 Å². The van der Waals surface area contributed by atoms with Crippen molar-refractivity contribution in [2.75, 3.05) is 4.90 Å². The van der Waals surface area contributed by atoms with Gasteiger partial charge >= 0.3 is 0 Å². The van der Waals surface area contributed by atoms with Crippen LogP contribution >= 0.6 is 0 Å². The van der Waals surface area contributed by atoms with Crippen LogP contribution in [0.15, 0.2) is 72.8 Å². The maximum atomic E-state index is 13.6. The average molecular weight is 391 g/mol. The minimum atomic E-state index is -2.07. The number of ketones is 1. The lowest BCUT2D eigenvalue weighted by atomic mass is 9.88. The molecule has 2 N–H and O–H groups in total. The van der Waals surface area contributed by atoms with Crippen molar-refractivity contribution in [1.82, 2.24) is 0 Å². The van der Waals surface area contributed by atoms with Crippen LogP contribution in [0.2, 0.25) is 0 Å². The molecule has 1 atom stereocenters. The Labute approximate surface area is 166 Å². The van der Waals surface area contributed by atoms with Gasteiger partial charge in [-0.1, -0.05) is 42.5 Å². The van der Waals surface area contributed by atoms with Crippen molar-refractivity contribution < 1.29 is 24.2 Å². The second-order valence-corrected chi connectivity index (χ2v) is 7.02. The number of amides is 1. The van der Waals surface area contributed by atoms with Crippen molar-refractivity contribution in [3.63, 3.8) is 0 Å². The predicted octanol–water partition coefficient (Wildman–Crippen LogP) is 3.54. The van der Waals surface area contributed by atoms with Crippen LogP contribution in [0.3, 0.4) is 0 Å². The number of carbonyl (C=O) groups excluding carboxylic acids is 2. The van der Waals surface area contributed by atoms with Crippen LogP contribution in [-0.2, 0) is 16.9 Å². The molecule has 0 saturated carbocycles. The minimum Gasteiger partial charge on any atom is -0.507 e. The largest absolute Gasteiger partial charge is 0.507 e. The lowest BCUT2D eigenvalue weighted by Crippen LogP contribution is -2.41. The highest BCUT2D eigenvalue weighted by Gasteiger charge is 2.50. The Morgan fingerprint density at radius 3 is 2.48 bits per heavy atom. The third-order valence-electron chi connectivity index (χ3n) is 5.09. The number of nitrogens with zero attached hydrogens (tertiary/aromatic N) is 1. The molecule has 4 rings (SSSR count). The standard InChI is InChI=1S/C23H18FNO4/c24-16-7-5-6-15(12-16)14-25-19-10-3-2-9-18(19)23(29,22(25)28)13-21(27)17-8-1-4-11-20(17)26/h1-12,26,29H,13-14H2/t23-/m1/s1. The zero-order valence-electron chi connectivity index (χ0n) is 15.4. The van der Waals surface area contributed by atoms with E-state index in [1.807, 2.05) is 0 Å². The van der Waals surface area contributed by atoms with E-state index in [-0.39, 0.29) is 17.9 Å². The van der Waals surface area contributed by atoms with E-state index in [0.717, 1.165) is 0 Å². The van der Waals surface area contributed by atoms with Crippen molar-refractivity contribution in [3.8, 4) is 5.75 Å². The van der Waals surface area contributed by atoms with Crippen LogP contribution in [0.1, 0.15) is 27.9 Å². The van der Waals surface area contributed by atoms with Crippen molar-refractivity contribution in [3.05, 3.63) is 95.3 Å². The SMILES string of the molecule is O=C(C[C@]1(O)C(=O)N(Cc2cccc(F)c2)c2ccccc21)c1ccccc1O. The molecule has 1 aliphatic heterocycles. The van der Waals surface area contributed by atoms with E-state index in [1.165, 1.54) is 29.2 Å². The topological polar surface area (TPSA) is 77.8 Å². The van der Waals surface area contributed by atoms with Gasteiger partial charge in [0.2, 0.25) is 0 Å². The number of rotatable bonds is 5. The molecule has 1 amide bonds. The van der Waals surface area contributed by atoms with E-state index in [9.17, 15) is 24.2 Å². The molecule has 0 radical (unpaired) electrons. The van der Waals surface area contributed by atoms with E-state index >= 15 is 0 Å². The average Bonchev–Trinajstić information content (AvgIpc) is 2.90. The lowest BCUT2D eigenvalue weighted by Gasteiger charge is -2.23. The quantitative estimate of drug-likeness (QED) is 0.652. The van der Waals surface area contributed by atoms with Crippen LogP contribution in [-0.4, -0.2) is 21.9 Å². The number of aliphatic hydroxyl groups is 1.